The predicted molar refractivity (Wildman–Crippen MR) is 93.7 cm³/mol. The van der Waals surface area contributed by atoms with Gasteiger partial charge in [0.1, 0.15) is 0 Å². The molecule has 0 nitrogen and oxygen atoms in total. The van der Waals surface area contributed by atoms with E-state index in [0.717, 1.165) is 0 Å². The summed E-state index contributed by atoms with van der Waals surface area (Å²) >= 11 is 0. The maximum atomic E-state index is 4.00. The average Bonchev–Trinajstić information content (AvgIpc) is 2.53. The minimum absolute atomic E-state index is 0. The zero-order chi connectivity index (χ0) is 14.7. The summed E-state index contributed by atoms with van der Waals surface area (Å²) in [5.74, 6) is 0. The second-order valence-corrected chi connectivity index (χ2v) is 17.0. The van der Waals surface area contributed by atoms with E-state index in [2.05, 4.69) is 52.3 Å². The van der Waals surface area contributed by atoms with Gasteiger partial charge in [-0.2, -0.15) is 4.82 Å². The maximum absolute atomic E-state index is 4.00. The van der Waals surface area contributed by atoms with E-state index in [1.54, 1.807) is 11.1 Å². The second kappa shape index (κ2) is 8.22. The topological polar surface area (TPSA) is 0 Å². The van der Waals surface area contributed by atoms with E-state index in [1.807, 2.05) is 4.82 Å². The molecule has 0 spiro atoms. The Kier molecular flexibility index (Phi) is 8.43. The van der Waals surface area contributed by atoms with Crippen LogP contribution >= 0.6 is 0 Å². The van der Waals surface area contributed by atoms with Crippen LogP contribution in [0.3, 0.4) is 0 Å². The summed E-state index contributed by atoms with van der Waals surface area (Å²) in [6, 6.07) is 0. The van der Waals surface area contributed by atoms with Crippen molar-refractivity contribution in [2.45, 2.75) is 85.1 Å². The monoisotopic (exact) mass is 300 g/mol. The fraction of sp³-hybridized carbons (Fsp3) is 0.765. The van der Waals surface area contributed by atoms with Gasteiger partial charge in [0.05, 0.1) is 0 Å². The van der Waals surface area contributed by atoms with Crippen molar-refractivity contribution in [1.82, 2.24) is 0 Å². The van der Waals surface area contributed by atoms with Crippen molar-refractivity contribution in [2.24, 2.45) is 0 Å². The molecule has 0 N–H and O–H groups in total. The molecule has 0 saturated heterocycles. The molecule has 0 unspecified atom stereocenters. The first kappa shape index (κ1) is 20.5. The molecule has 0 amide bonds. The Hall–Kier alpha value is 0.511. The van der Waals surface area contributed by atoms with Crippen LogP contribution in [-0.4, -0.2) is 16.1 Å². The Bertz CT molecular complexity index is 373. The van der Waals surface area contributed by atoms with Crippen LogP contribution in [0, 0.1) is 5.70 Å². The van der Waals surface area contributed by atoms with E-state index < -0.39 is 16.1 Å². The van der Waals surface area contributed by atoms with Crippen molar-refractivity contribution in [1.29, 1.82) is 0 Å². The Morgan fingerprint density at radius 1 is 0.950 bits per heavy atom. The van der Waals surface area contributed by atoms with E-state index in [1.165, 1.54) is 38.5 Å². The summed E-state index contributed by atoms with van der Waals surface area (Å²) in [5.41, 5.74) is 7.40. The third-order valence-corrected chi connectivity index (χ3v) is 12.5. The molecule has 0 aromatic heterocycles. The molecule has 0 bridgehead atoms. The van der Waals surface area contributed by atoms with Crippen molar-refractivity contribution in [3.63, 3.8) is 0 Å². The van der Waals surface area contributed by atoms with Gasteiger partial charge in [-0.1, -0.05) is 85.1 Å². The van der Waals surface area contributed by atoms with Crippen molar-refractivity contribution in [3.8, 4) is 0 Å². The van der Waals surface area contributed by atoms with Gasteiger partial charge in [0.25, 0.3) is 0 Å². The van der Waals surface area contributed by atoms with Crippen LogP contribution in [-0.2, 0) is 0 Å². The molecule has 3 heteroatoms. The quantitative estimate of drug-likeness (QED) is 0.501. The van der Waals surface area contributed by atoms with Gasteiger partial charge in [0.2, 0.25) is 0 Å². The predicted octanol–water partition coefficient (Wildman–Crippen LogP) is 3.07. The Labute approximate surface area is 141 Å². The van der Waals surface area contributed by atoms with Crippen LogP contribution in [0.25, 0.3) is 0 Å². The van der Waals surface area contributed by atoms with Gasteiger partial charge in [-0.15, -0.1) is 0 Å². The molecule has 20 heavy (non-hydrogen) atoms. The molecule has 0 fully saturated rings. The van der Waals surface area contributed by atoms with Crippen molar-refractivity contribution in [3.05, 3.63) is 21.7 Å². The average molecular weight is 301 g/mol. The zero-order valence-electron chi connectivity index (χ0n) is 15.2. The third kappa shape index (κ3) is 5.05. The molecule has 0 aromatic rings. The minimum atomic E-state index is -1.38. The van der Waals surface area contributed by atoms with Crippen LogP contribution < -0.4 is 18.9 Å². The van der Waals surface area contributed by atoms with Gasteiger partial charge in [0.15, 0.2) is 0 Å². The molecule has 1 aliphatic rings. The van der Waals surface area contributed by atoms with Gasteiger partial charge in [-0.3, -0.25) is 5.70 Å². The Morgan fingerprint density at radius 2 is 1.45 bits per heavy atom. The number of unbranched alkanes of at least 4 members (excludes halogenated alkanes) is 2. The standard InChI is InChI=1S/C17H33Si2.Li/c1-8-10-12-15-14-19(6,7)17(18(3,4)5)16(15)13-11-9-2;/h8-13H2,1-7H3;/q-1;+1. The first-order chi connectivity index (χ1) is 8.74. The van der Waals surface area contributed by atoms with Crippen LogP contribution in [0.15, 0.2) is 16.0 Å². The molecule has 0 atom stereocenters. The summed E-state index contributed by atoms with van der Waals surface area (Å²) < 4.78 is 0. The molecular weight excluding hydrogens is 267 g/mol. The molecule has 110 valence electrons. The van der Waals surface area contributed by atoms with E-state index in [0.29, 0.717) is 0 Å². The number of rotatable bonds is 7. The van der Waals surface area contributed by atoms with Gasteiger partial charge in [-0.25, -0.2) is 11.1 Å². The van der Waals surface area contributed by atoms with E-state index >= 15 is 0 Å². The van der Waals surface area contributed by atoms with Crippen LogP contribution in [0.4, 0.5) is 0 Å². The van der Waals surface area contributed by atoms with Gasteiger partial charge in [0, 0.05) is 8.07 Å². The van der Waals surface area contributed by atoms with Crippen molar-refractivity contribution in [2.75, 3.05) is 0 Å². The molecule has 1 aliphatic heterocycles. The fourth-order valence-corrected chi connectivity index (χ4v) is 14.7. The van der Waals surface area contributed by atoms with Crippen LogP contribution in [0.2, 0.25) is 32.7 Å². The SMILES string of the molecule is CCCCC1=[C-][Si](C)(C)C([Si](C)(C)C)=C1CCCC.[Li+]. The maximum Gasteiger partial charge on any atom is 1.00 e. The van der Waals surface area contributed by atoms with E-state index in [-0.39, 0.29) is 18.9 Å². The van der Waals surface area contributed by atoms with E-state index in [9.17, 15) is 0 Å². The summed E-state index contributed by atoms with van der Waals surface area (Å²) in [6.45, 7) is 17.3. The number of hydrogen-bond acceptors (Lipinski definition) is 0. The molecule has 1 heterocycles. The number of hydrogen-bond donors (Lipinski definition) is 0. The van der Waals surface area contributed by atoms with Crippen molar-refractivity contribution < 1.29 is 18.9 Å². The van der Waals surface area contributed by atoms with Gasteiger partial charge < -0.3 is 0 Å². The van der Waals surface area contributed by atoms with Crippen LogP contribution in [0.5, 0.6) is 0 Å². The first-order valence-corrected chi connectivity index (χ1v) is 14.6. The minimum Gasteiger partial charge on any atom is -0.273 e. The van der Waals surface area contributed by atoms with Gasteiger partial charge >= 0.3 is 18.9 Å². The first-order valence-electron chi connectivity index (χ1n) is 8.12. The van der Waals surface area contributed by atoms with E-state index in [4.69, 9.17) is 0 Å². The van der Waals surface area contributed by atoms with Crippen LogP contribution in [0.1, 0.15) is 52.4 Å². The molecular formula is C17H33LiSi2. The van der Waals surface area contributed by atoms with Crippen molar-refractivity contribution >= 4 is 16.1 Å². The Morgan fingerprint density at radius 3 is 1.90 bits per heavy atom. The molecule has 0 saturated carbocycles. The number of allylic oxidation sites excluding steroid dienone is 2. The summed E-state index contributed by atoms with van der Waals surface area (Å²) in [5, 5.41) is 0. The molecule has 1 rings (SSSR count). The molecule has 0 radical (unpaired) electrons. The third-order valence-electron chi connectivity index (χ3n) is 4.07. The largest absolute Gasteiger partial charge is 1.00 e. The summed E-state index contributed by atoms with van der Waals surface area (Å²) in [7, 11) is -2.57. The fourth-order valence-electron chi connectivity index (χ4n) is 3.63. The zero-order valence-corrected chi connectivity index (χ0v) is 17.2. The second-order valence-electron chi connectivity index (χ2n) is 7.54. The molecule has 0 aliphatic carbocycles. The Balaban J connectivity index is 0.00000361. The summed E-state index contributed by atoms with van der Waals surface area (Å²) in [4.78, 5) is 1.92. The summed E-state index contributed by atoms with van der Waals surface area (Å²) in [6.07, 6.45) is 7.90. The smallest absolute Gasteiger partial charge is 0.273 e. The molecule has 0 aromatic carbocycles. The van der Waals surface area contributed by atoms with Gasteiger partial charge in [-0.05, 0) is 8.07 Å². The normalized spacial score (nSPS) is 18.1.